The van der Waals surface area contributed by atoms with Crippen molar-refractivity contribution in [3.63, 3.8) is 0 Å². The maximum Gasteiger partial charge on any atom is 0.192 e. The van der Waals surface area contributed by atoms with E-state index in [4.69, 9.17) is 14.3 Å². The molecule has 1 N–H and O–H groups in total. The maximum atomic E-state index is 8.91. The Balaban J connectivity index is 2.66. The fraction of sp³-hybridized carbons (Fsp3) is 0.556. The second-order valence-corrected chi connectivity index (χ2v) is 11.9. The van der Waals surface area contributed by atoms with Gasteiger partial charge in [0.25, 0.3) is 0 Å². The molecule has 1 atom stereocenters. The van der Waals surface area contributed by atoms with Gasteiger partial charge in [-0.3, -0.25) is 0 Å². The first kappa shape index (κ1) is 18.9. The van der Waals surface area contributed by atoms with Crippen LogP contribution in [0.3, 0.4) is 0 Å². The van der Waals surface area contributed by atoms with Gasteiger partial charge in [0.2, 0.25) is 0 Å². The summed E-state index contributed by atoms with van der Waals surface area (Å²) in [7, 11) is -1.75. The SMILES string of the molecule is C[C@H](CO[Si](C)(C)C(C)(C)C)Oc1ccccc1C=CCO. The van der Waals surface area contributed by atoms with E-state index in [0.717, 1.165) is 11.3 Å². The fourth-order valence-corrected chi connectivity index (χ4v) is 2.78. The Morgan fingerprint density at radius 3 is 2.45 bits per heavy atom. The zero-order chi connectivity index (χ0) is 16.8. The molecule has 1 aromatic carbocycles. The van der Waals surface area contributed by atoms with Crippen LogP contribution in [0.5, 0.6) is 5.75 Å². The quantitative estimate of drug-likeness (QED) is 0.752. The summed E-state index contributed by atoms with van der Waals surface area (Å²) in [5, 5.41) is 9.11. The molecular formula is C18H30O3Si. The van der Waals surface area contributed by atoms with Crippen LogP contribution < -0.4 is 4.74 Å². The number of aliphatic hydroxyl groups excluding tert-OH is 1. The molecule has 0 unspecified atom stereocenters. The summed E-state index contributed by atoms with van der Waals surface area (Å²) in [5.74, 6) is 0.818. The third-order valence-corrected chi connectivity index (χ3v) is 8.64. The molecule has 0 fully saturated rings. The molecule has 4 heteroatoms. The van der Waals surface area contributed by atoms with Crippen LogP contribution in [0, 0.1) is 0 Å². The van der Waals surface area contributed by atoms with Crippen molar-refractivity contribution in [2.75, 3.05) is 13.2 Å². The van der Waals surface area contributed by atoms with E-state index in [2.05, 4.69) is 33.9 Å². The zero-order valence-electron chi connectivity index (χ0n) is 14.7. The van der Waals surface area contributed by atoms with E-state index in [9.17, 15) is 0 Å². The zero-order valence-corrected chi connectivity index (χ0v) is 15.7. The molecule has 0 aliphatic carbocycles. The average molecular weight is 323 g/mol. The van der Waals surface area contributed by atoms with Gasteiger partial charge in [-0.05, 0) is 31.1 Å². The van der Waals surface area contributed by atoms with Crippen LogP contribution in [0.2, 0.25) is 18.1 Å². The molecule has 0 amide bonds. The number of hydrogen-bond acceptors (Lipinski definition) is 3. The number of ether oxygens (including phenoxy) is 1. The van der Waals surface area contributed by atoms with Gasteiger partial charge in [0.05, 0.1) is 13.2 Å². The van der Waals surface area contributed by atoms with E-state index in [1.807, 2.05) is 37.3 Å². The van der Waals surface area contributed by atoms with E-state index in [1.165, 1.54) is 0 Å². The van der Waals surface area contributed by atoms with Crippen molar-refractivity contribution in [2.45, 2.75) is 51.9 Å². The average Bonchev–Trinajstić information content (AvgIpc) is 2.43. The Kier molecular flexibility index (Phi) is 6.85. The molecule has 0 saturated carbocycles. The normalized spacial score (nSPS) is 14.3. The lowest BCUT2D eigenvalue weighted by Crippen LogP contribution is -2.43. The van der Waals surface area contributed by atoms with Crippen LogP contribution in [-0.4, -0.2) is 32.7 Å². The van der Waals surface area contributed by atoms with Gasteiger partial charge in [0, 0.05) is 5.56 Å². The molecule has 0 saturated heterocycles. The van der Waals surface area contributed by atoms with Crippen LogP contribution in [0.15, 0.2) is 30.3 Å². The van der Waals surface area contributed by atoms with Crippen molar-refractivity contribution in [1.82, 2.24) is 0 Å². The highest BCUT2D eigenvalue weighted by Crippen LogP contribution is 2.36. The molecule has 0 aliphatic rings. The first-order chi connectivity index (χ1) is 10.2. The fourth-order valence-electron chi connectivity index (χ4n) is 1.70. The molecule has 0 bridgehead atoms. The predicted octanol–water partition coefficient (Wildman–Crippen LogP) is 4.48. The van der Waals surface area contributed by atoms with Gasteiger partial charge >= 0.3 is 0 Å². The molecule has 1 rings (SSSR count). The minimum Gasteiger partial charge on any atom is -0.488 e. The third kappa shape index (κ3) is 5.59. The summed E-state index contributed by atoms with van der Waals surface area (Å²) < 4.78 is 12.2. The molecule has 1 aromatic rings. The van der Waals surface area contributed by atoms with E-state index in [1.54, 1.807) is 6.08 Å². The summed E-state index contributed by atoms with van der Waals surface area (Å²) >= 11 is 0. The van der Waals surface area contributed by atoms with E-state index >= 15 is 0 Å². The van der Waals surface area contributed by atoms with Crippen LogP contribution in [0.25, 0.3) is 6.08 Å². The van der Waals surface area contributed by atoms with Gasteiger partial charge < -0.3 is 14.3 Å². The number of rotatable bonds is 7. The highest BCUT2D eigenvalue weighted by Gasteiger charge is 2.37. The molecule has 3 nitrogen and oxygen atoms in total. The lowest BCUT2D eigenvalue weighted by molar-refractivity contribution is 0.134. The van der Waals surface area contributed by atoms with Crippen molar-refractivity contribution >= 4 is 14.4 Å². The monoisotopic (exact) mass is 322 g/mol. The van der Waals surface area contributed by atoms with Crippen LogP contribution in [-0.2, 0) is 4.43 Å². The molecule has 124 valence electrons. The number of benzene rings is 1. The van der Waals surface area contributed by atoms with Gasteiger partial charge in [-0.1, -0.05) is 51.1 Å². The summed E-state index contributed by atoms with van der Waals surface area (Å²) in [6, 6.07) is 7.83. The number of aliphatic hydroxyl groups is 1. The summed E-state index contributed by atoms with van der Waals surface area (Å²) in [4.78, 5) is 0. The largest absolute Gasteiger partial charge is 0.488 e. The van der Waals surface area contributed by atoms with Crippen molar-refractivity contribution in [2.24, 2.45) is 0 Å². The minimum absolute atomic E-state index is 0.0159. The van der Waals surface area contributed by atoms with E-state index in [0.29, 0.717) is 6.61 Å². The maximum absolute atomic E-state index is 8.91. The van der Waals surface area contributed by atoms with Crippen molar-refractivity contribution < 1.29 is 14.3 Å². The molecular weight excluding hydrogens is 292 g/mol. The molecule has 0 heterocycles. The third-order valence-electron chi connectivity index (χ3n) is 4.14. The standard InChI is InChI=1S/C18H30O3Si/c1-15(14-20-22(5,6)18(2,3)4)21-17-12-8-7-10-16(17)11-9-13-19/h7-12,15,19H,13-14H2,1-6H3/t15-/m1/s1. The van der Waals surface area contributed by atoms with Gasteiger partial charge in [-0.25, -0.2) is 0 Å². The molecule has 0 aromatic heterocycles. The Morgan fingerprint density at radius 1 is 1.23 bits per heavy atom. The van der Waals surface area contributed by atoms with Crippen LogP contribution >= 0.6 is 0 Å². The first-order valence-corrected chi connectivity index (χ1v) is 10.8. The molecule has 0 aliphatic heterocycles. The van der Waals surface area contributed by atoms with Gasteiger partial charge in [0.1, 0.15) is 11.9 Å². The predicted molar refractivity (Wildman–Crippen MR) is 95.8 cm³/mol. The Bertz CT molecular complexity index is 489. The smallest absolute Gasteiger partial charge is 0.192 e. The summed E-state index contributed by atoms with van der Waals surface area (Å²) in [6.07, 6.45) is 3.56. The molecule has 0 spiro atoms. The second-order valence-electron chi connectivity index (χ2n) is 7.12. The van der Waals surface area contributed by atoms with Crippen LogP contribution in [0.4, 0.5) is 0 Å². The van der Waals surface area contributed by atoms with Crippen molar-refractivity contribution in [3.05, 3.63) is 35.9 Å². The molecule has 0 radical (unpaired) electrons. The lowest BCUT2D eigenvalue weighted by atomic mass is 10.2. The second kappa shape index (κ2) is 7.95. The summed E-state index contributed by atoms with van der Waals surface area (Å²) in [5.41, 5.74) is 0.968. The van der Waals surface area contributed by atoms with Gasteiger partial charge in [-0.2, -0.15) is 0 Å². The van der Waals surface area contributed by atoms with Gasteiger partial charge in [-0.15, -0.1) is 0 Å². The van der Waals surface area contributed by atoms with Gasteiger partial charge in [0.15, 0.2) is 8.32 Å². The Morgan fingerprint density at radius 2 is 1.86 bits per heavy atom. The van der Waals surface area contributed by atoms with Crippen molar-refractivity contribution in [1.29, 1.82) is 0 Å². The minimum atomic E-state index is -1.75. The lowest BCUT2D eigenvalue weighted by Gasteiger charge is -2.37. The highest BCUT2D eigenvalue weighted by molar-refractivity contribution is 6.74. The summed E-state index contributed by atoms with van der Waals surface area (Å²) in [6.45, 7) is 13.8. The highest BCUT2D eigenvalue weighted by atomic mass is 28.4. The molecule has 22 heavy (non-hydrogen) atoms. The Hall–Kier alpha value is -1.10. The van der Waals surface area contributed by atoms with E-state index < -0.39 is 8.32 Å². The topological polar surface area (TPSA) is 38.7 Å². The van der Waals surface area contributed by atoms with Crippen molar-refractivity contribution in [3.8, 4) is 5.75 Å². The first-order valence-electron chi connectivity index (χ1n) is 7.84. The number of hydrogen-bond donors (Lipinski definition) is 1. The van der Waals surface area contributed by atoms with E-state index in [-0.39, 0.29) is 17.7 Å². The Labute approximate surface area is 136 Å². The van der Waals surface area contributed by atoms with Crippen LogP contribution in [0.1, 0.15) is 33.3 Å². The number of para-hydroxylation sites is 1.